The van der Waals surface area contributed by atoms with Crippen LogP contribution in [0.25, 0.3) is 0 Å². The predicted molar refractivity (Wildman–Crippen MR) is 101 cm³/mol. The fraction of sp³-hybridized carbons (Fsp3) is 0.952. The van der Waals surface area contributed by atoms with E-state index >= 15 is 0 Å². The number of ether oxygens (including phenoxy) is 2. The van der Waals surface area contributed by atoms with Crippen LogP contribution < -0.4 is 0 Å². The highest BCUT2D eigenvalue weighted by Crippen LogP contribution is 2.62. The molecule has 5 heteroatoms. The summed E-state index contributed by atoms with van der Waals surface area (Å²) < 4.78 is 11.9. The highest BCUT2D eigenvalue weighted by atomic mass is 16.6. The number of carbonyl (C=O) groups excluding carboxylic acids is 1. The van der Waals surface area contributed by atoms with Gasteiger partial charge in [-0.25, -0.2) is 0 Å². The van der Waals surface area contributed by atoms with Crippen LogP contribution in [0, 0.1) is 22.7 Å². The lowest BCUT2D eigenvalue weighted by Gasteiger charge is -2.47. The molecule has 152 valence electrons. The molecular weight excluding hydrogens is 332 g/mol. The summed E-state index contributed by atoms with van der Waals surface area (Å²) in [6, 6.07) is 0. The predicted octanol–water partition coefficient (Wildman–Crippen LogP) is 3.31. The van der Waals surface area contributed by atoms with Crippen molar-refractivity contribution in [2.24, 2.45) is 22.7 Å². The number of hydrogen-bond donors (Lipinski definition) is 2. The van der Waals surface area contributed by atoms with E-state index < -0.39 is 23.9 Å². The van der Waals surface area contributed by atoms with Gasteiger partial charge < -0.3 is 19.7 Å². The van der Waals surface area contributed by atoms with Crippen molar-refractivity contribution in [3.63, 3.8) is 0 Å². The SMILES string of the molecule is CCC(=O)OC(C1CC(C)C2C(O1)C(O)C(C)(CC)C2(C)C)C(C)(C)O. The van der Waals surface area contributed by atoms with Crippen LogP contribution in [0.2, 0.25) is 0 Å². The lowest BCUT2D eigenvalue weighted by atomic mass is 9.61. The number of aliphatic hydroxyl groups excluding tert-OH is 1. The van der Waals surface area contributed by atoms with E-state index in [1.165, 1.54) is 0 Å². The van der Waals surface area contributed by atoms with Gasteiger partial charge in [0.1, 0.15) is 0 Å². The summed E-state index contributed by atoms with van der Waals surface area (Å²) in [5.41, 5.74) is -1.52. The normalized spacial score (nSPS) is 40.8. The summed E-state index contributed by atoms with van der Waals surface area (Å²) in [5, 5.41) is 21.7. The minimum atomic E-state index is -1.21. The van der Waals surface area contributed by atoms with Crippen LogP contribution in [0.5, 0.6) is 0 Å². The van der Waals surface area contributed by atoms with E-state index in [0.29, 0.717) is 12.3 Å². The molecule has 1 aliphatic heterocycles. The Hall–Kier alpha value is -0.650. The molecule has 5 nitrogen and oxygen atoms in total. The molecule has 2 rings (SSSR count). The molecule has 2 fully saturated rings. The van der Waals surface area contributed by atoms with Crippen LogP contribution in [0.15, 0.2) is 0 Å². The Balaban J connectivity index is 2.34. The van der Waals surface area contributed by atoms with E-state index in [1.807, 2.05) is 0 Å². The molecule has 1 aliphatic carbocycles. The minimum Gasteiger partial charge on any atom is -0.457 e. The Morgan fingerprint density at radius 3 is 2.35 bits per heavy atom. The Morgan fingerprint density at radius 1 is 1.31 bits per heavy atom. The number of esters is 1. The second kappa shape index (κ2) is 7.06. The number of carbonyl (C=O) groups is 1. The van der Waals surface area contributed by atoms with Crippen molar-refractivity contribution in [2.45, 2.75) is 105 Å². The van der Waals surface area contributed by atoms with E-state index in [4.69, 9.17) is 9.47 Å². The summed E-state index contributed by atoms with van der Waals surface area (Å²) in [7, 11) is 0. The fourth-order valence-corrected chi connectivity index (χ4v) is 5.46. The van der Waals surface area contributed by atoms with Gasteiger partial charge in [-0.1, -0.05) is 41.5 Å². The van der Waals surface area contributed by atoms with Crippen molar-refractivity contribution < 1.29 is 24.5 Å². The highest BCUT2D eigenvalue weighted by molar-refractivity contribution is 5.69. The molecule has 0 aromatic rings. The van der Waals surface area contributed by atoms with E-state index in [1.54, 1.807) is 20.8 Å². The van der Waals surface area contributed by atoms with Crippen LogP contribution in [0.3, 0.4) is 0 Å². The van der Waals surface area contributed by atoms with Gasteiger partial charge in [0, 0.05) is 11.8 Å². The van der Waals surface area contributed by atoms with Crippen molar-refractivity contribution in [1.29, 1.82) is 0 Å². The Bertz CT molecular complexity index is 523. The van der Waals surface area contributed by atoms with Crippen molar-refractivity contribution >= 4 is 5.97 Å². The van der Waals surface area contributed by atoms with Gasteiger partial charge in [0.25, 0.3) is 0 Å². The Labute approximate surface area is 158 Å². The molecule has 0 aromatic heterocycles. The molecule has 26 heavy (non-hydrogen) atoms. The topological polar surface area (TPSA) is 76.0 Å². The summed E-state index contributed by atoms with van der Waals surface area (Å²) in [6.45, 7) is 15.9. The van der Waals surface area contributed by atoms with E-state index in [2.05, 4.69) is 34.6 Å². The zero-order valence-corrected chi connectivity index (χ0v) is 17.7. The number of rotatable bonds is 5. The number of aliphatic hydroxyl groups is 2. The smallest absolute Gasteiger partial charge is 0.305 e. The second-order valence-electron chi connectivity index (χ2n) is 9.73. The van der Waals surface area contributed by atoms with Gasteiger partial charge >= 0.3 is 5.97 Å². The molecule has 1 saturated heterocycles. The molecule has 1 saturated carbocycles. The Morgan fingerprint density at radius 2 is 1.88 bits per heavy atom. The number of hydrogen-bond acceptors (Lipinski definition) is 5. The van der Waals surface area contributed by atoms with Crippen LogP contribution in [-0.2, 0) is 14.3 Å². The molecule has 0 radical (unpaired) electrons. The maximum absolute atomic E-state index is 11.9. The standard InChI is InChI=1S/C21H38O5/c1-9-14(22)26-18(20(6,7)24)13-11-12(3)15-16(25-13)17(23)21(8,10-2)19(15,4)5/h12-13,15-18,23-24H,9-11H2,1-8H3. The number of fused-ring (bicyclic) bond motifs is 1. The van der Waals surface area contributed by atoms with Crippen molar-refractivity contribution in [3.05, 3.63) is 0 Å². The third kappa shape index (κ3) is 3.31. The van der Waals surface area contributed by atoms with Gasteiger partial charge in [0.05, 0.1) is 23.9 Å². The molecular formula is C21H38O5. The van der Waals surface area contributed by atoms with Crippen LogP contribution in [0.4, 0.5) is 0 Å². The highest BCUT2D eigenvalue weighted by Gasteiger charge is 2.65. The van der Waals surface area contributed by atoms with Crippen LogP contribution in [-0.4, -0.2) is 46.2 Å². The third-order valence-electron chi connectivity index (χ3n) is 7.49. The Kier molecular flexibility index (Phi) is 5.88. The minimum absolute atomic E-state index is 0.0689. The maximum atomic E-state index is 11.9. The first kappa shape index (κ1) is 21.6. The summed E-state index contributed by atoms with van der Waals surface area (Å²) in [6.07, 6.45) is -0.244. The van der Waals surface area contributed by atoms with Crippen LogP contribution in [0.1, 0.15) is 74.7 Å². The molecule has 1 heterocycles. The molecule has 0 amide bonds. The molecule has 7 unspecified atom stereocenters. The lowest BCUT2D eigenvalue weighted by Crippen LogP contribution is -2.55. The largest absolute Gasteiger partial charge is 0.457 e. The van der Waals surface area contributed by atoms with Gasteiger partial charge in [-0.2, -0.15) is 0 Å². The van der Waals surface area contributed by atoms with Gasteiger partial charge in [-0.15, -0.1) is 0 Å². The van der Waals surface area contributed by atoms with E-state index in [9.17, 15) is 15.0 Å². The summed E-state index contributed by atoms with van der Waals surface area (Å²) in [5.74, 6) is 0.172. The lowest BCUT2D eigenvalue weighted by molar-refractivity contribution is -0.216. The van der Waals surface area contributed by atoms with E-state index in [0.717, 1.165) is 6.42 Å². The third-order valence-corrected chi connectivity index (χ3v) is 7.49. The maximum Gasteiger partial charge on any atom is 0.305 e. The van der Waals surface area contributed by atoms with Crippen molar-refractivity contribution in [1.82, 2.24) is 0 Å². The average molecular weight is 371 g/mol. The molecule has 0 bridgehead atoms. The zero-order valence-electron chi connectivity index (χ0n) is 17.7. The first-order valence-corrected chi connectivity index (χ1v) is 10.1. The van der Waals surface area contributed by atoms with Crippen molar-refractivity contribution in [2.75, 3.05) is 0 Å². The van der Waals surface area contributed by atoms with Gasteiger partial charge in [0.2, 0.25) is 0 Å². The summed E-state index contributed by atoms with van der Waals surface area (Å²) in [4.78, 5) is 11.9. The zero-order chi connectivity index (χ0) is 20.1. The van der Waals surface area contributed by atoms with Gasteiger partial charge in [-0.05, 0) is 43.9 Å². The van der Waals surface area contributed by atoms with Gasteiger partial charge in [0.15, 0.2) is 6.10 Å². The fourth-order valence-electron chi connectivity index (χ4n) is 5.46. The monoisotopic (exact) mass is 370 g/mol. The first-order valence-electron chi connectivity index (χ1n) is 10.1. The van der Waals surface area contributed by atoms with E-state index in [-0.39, 0.29) is 35.2 Å². The molecule has 0 spiro atoms. The first-order chi connectivity index (χ1) is 11.8. The van der Waals surface area contributed by atoms with Crippen molar-refractivity contribution in [3.8, 4) is 0 Å². The quantitative estimate of drug-likeness (QED) is 0.726. The summed E-state index contributed by atoms with van der Waals surface area (Å²) >= 11 is 0. The molecule has 7 atom stereocenters. The van der Waals surface area contributed by atoms with Gasteiger partial charge in [-0.3, -0.25) is 4.79 Å². The molecule has 2 aliphatic rings. The molecule has 0 aromatic carbocycles. The second-order valence-corrected chi connectivity index (χ2v) is 9.73. The molecule has 2 N–H and O–H groups in total. The average Bonchev–Trinajstić information content (AvgIpc) is 2.69. The van der Waals surface area contributed by atoms with Crippen LogP contribution >= 0.6 is 0 Å².